The van der Waals surface area contributed by atoms with E-state index in [1.807, 2.05) is 0 Å². The zero-order valence-electron chi connectivity index (χ0n) is 7.27. The van der Waals surface area contributed by atoms with E-state index in [9.17, 15) is 0 Å². The van der Waals surface area contributed by atoms with Crippen molar-refractivity contribution in [3.8, 4) is 0 Å². The summed E-state index contributed by atoms with van der Waals surface area (Å²) in [5.74, 6) is 0. The van der Waals surface area contributed by atoms with Crippen LogP contribution in [0.3, 0.4) is 0 Å². The van der Waals surface area contributed by atoms with Gasteiger partial charge >= 0.3 is 69.5 Å². The third-order valence-corrected chi connectivity index (χ3v) is 8.32. The molecule has 0 aliphatic carbocycles. The molecule has 1 aliphatic heterocycles. The van der Waals surface area contributed by atoms with Gasteiger partial charge in [-0.25, -0.2) is 0 Å². The molecule has 0 atom stereocenters. The topological polar surface area (TPSA) is 3.24 Å². The Balaban J connectivity index is 2.21. The van der Waals surface area contributed by atoms with Gasteiger partial charge in [0, 0.05) is 0 Å². The Morgan fingerprint density at radius 3 is 2.10 bits per heavy atom. The van der Waals surface area contributed by atoms with Gasteiger partial charge in [-0.2, -0.15) is 0 Å². The molecule has 0 bridgehead atoms. The summed E-state index contributed by atoms with van der Waals surface area (Å²) in [6.07, 6.45) is 2.97. The molecule has 0 unspecified atom stereocenters. The maximum atomic E-state index is 2.57. The Hall–Kier alpha value is 0.596. The van der Waals surface area contributed by atoms with Gasteiger partial charge in [0.15, 0.2) is 0 Å². The van der Waals surface area contributed by atoms with Crippen LogP contribution in [0, 0.1) is 0 Å². The van der Waals surface area contributed by atoms with Crippen LogP contribution in [0.25, 0.3) is 0 Å². The molecule has 58 valence electrons. The summed E-state index contributed by atoms with van der Waals surface area (Å²) in [6, 6.07) is 0. The normalized spacial score (nSPS) is 24.0. The molecule has 1 nitrogen and oxygen atoms in total. The van der Waals surface area contributed by atoms with E-state index in [0.29, 0.717) is 0 Å². The molecule has 0 aromatic rings. The molecule has 0 aromatic carbocycles. The van der Waals surface area contributed by atoms with Gasteiger partial charge < -0.3 is 0 Å². The van der Waals surface area contributed by atoms with E-state index in [4.69, 9.17) is 0 Å². The quantitative estimate of drug-likeness (QED) is 0.536. The first-order valence-corrected chi connectivity index (χ1v) is 10.3. The van der Waals surface area contributed by atoms with Crippen molar-refractivity contribution in [3.63, 3.8) is 0 Å². The van der Waals surface area contributed by atoms with Crippen LogP contribution >= 0.6 is 0 Å². The fourth-order valence-corrected chi connectivity index (χ4v) is 5.97. The van der Waals surface area contributed by atoms with Crippen LogP contribution in [0.2, 0.25) is 15.4 Å². The maximum absolute atomic E-state index is 2.57. The van der Waals surface area contributed by atoms with Gasteiger partial charge in [0.05, 0.1) is 0 Å². The van der Waals surface area contributed by atoms with Gasteiger partial charge in [-0.15, -0.1) is 0 Å². The third-order valence-electron chi connectivity index (χ3n) is 2.47. The molecular formula is C8H18GaN. The Morgan fingerprint density at radius 1 is 1.10 bits per heavy atom. The first kappa shape index (κ1) is 8.69. The zero-order valence-corrected chi connectivity index (χ0v) is 9.69. The average Bonchev–Trinajstić information content (AvgIpc) is 1.84. The standard InChI is InChI=1S/C7H15N.CH3.Ga/c1-4-6-8(3)7-5-2;;/h1-2,4-7H2,3H3;1H3;. The molecule has 1 fully saturated rings. The molecule has 0 radical (unpaired) electrons. The van der Waals surface area contributed by atoms with E-state index in [2.05, 4.69) is 17.4 Å². The molecule has 2 heteroatoms. The van der Waals surface area contributed by atoms with Gasteiger partial charge in [-0.05, 0) is 0 Å². The van der Waals surface area contributed by atoms with E-state index in [1.54, 1.807) is 9.95 Å². The SMILES string of the molecule is CN1CC[CH2][Ga]([CH3])[CH2]CC1. The summed E-state index contributed by atoms with van der Waals surface area (Å²) in [5.41, 5.74) is 2.57. The number of hydrogen-bond acceptors (Lipinski definition) is 1. The van der Waals surface area contributed by atoms with Crippen LogP contribution in [0.4, 0.5) is 0 Å². The molecule has 0 N–H and O–H groups in total. The van der Waals surface area contributed by atoms with Crippen molar-refractivity contribution in [3.05, 3.63) is 0 Å². The summed E-state index contributed by atoms with van der Waals surface area (Å²) in [6.45, 7) is 2.71. The molecule has 1 saturated heterocycles. The van der Waals surface area contributed by atoms with Crippen molar-refractivity contribution in [2.45, 2.75) is 28.3 Å². The van der Waals surface area contributed by atoms with E-state index in [0.717, 1.165) is 0 Å². The Bertz CT molecular complexity index is 75.3. The average molecular weight is 198 g/mol. The predicted molar refractivity (Wildman–Crippen MR) is 48.0 cm³/mol. The summed E-state index contributed by atoms with van der Waals surface area (Å²) in [5, 5.41) is 0. The molecule has 1 rings (SSSR count). The molecule has 0 amide bonds. The predicted octanol–water partition coefficient (Wildman–Crippen LogP) is 1.84. The Kier molecular flexibility index (Phi) is 3.88. The van der Waals surface area contributed by atoms with E-state index < -0.39 is 16.2 Å². The number of nitrogens with zero attached hydrogens (tertiary/aromatic N) is 1. The second-order valence-corrected chi connectivity index (χ2v) is 10.8. The van der Waals surface area contributed by atoms with Gasteiger partial charge in [0.2, 0.25) is 0 Å². The van der Waals surface area contributed by atoms with Crippen molar-refractivity contribution in [2.75, 3.05) is 20.1 Å². The van der Waals surface area contributed by atoms with Crippen molar-refractivity contribution in [1.82, 2.24) is 4.90 Å². The van der Waals surface area contributed by atoms with Crippen molar-refractivity contribution in [2.24, 2.45) is 0 Å². The summed E-state index contributed by atoms with van der Waals surface area (Å²) in [4.78, 5) is 5.72. The van der Waals surface area contributed by atoms with Crippen LogP contribution < -0.4 is 0 Å². The van der Waals surface area contributed by atoms with Gasteiger partial charge in [0.25, 0.3) is 0 Å². The second-order valence-electron chi connectivity index (χ2n) is 3.69. The zero-order chi connectivity index (χ0) is 7.40. The van der Waals surface area contributed by atoms with Gasteiger partial charge in [0.1, 0.15) is 0 Å². The first-order valence-electron chi connectivity index (χ1n) is 4.47. The Morgan fingerprint density at radius 2 is 1.60 bits per heavy atom. The summed E-state index contributed by atoms with van der Waals surface area (Å²) < 4.78 is 0. The molecule has 1 aliphatic rings. The van der Waals surface area contributed by atoms with E-state index in [-0.39, 0.29) is 0 Å². The second kappa shape index (κ2) is 4.47. The third kappa shape index (κ3) is 3.13. The minimum absolute atomic E-state index is 0.643. The van der Waals surface area contributed by atoms with Crippen LogP contribution in [-0.4, -0.2) is 41.3 Å². The van der Waals surface area contributed by atoms with Crippen LogP contribution in [0.1, 0.15) is 12.8 Å². The van der Waals surface area contributed by atoms with Crippen LogP contribution in [0.15, 0.2) is 0 Å². The molecule has 0 aromatic heterocycles. The van der Waals surface area contributed by atoms with Crippen molar-refractivity contribution in [1.29, 1.82) is 0 Å². The molecule has 1 heterocycles. The summed E-state index contributed by atoms with van der Waals surface area (Å²) in [7, 11) is 2.25. The number of rotatable bonds is 0. The molecule has 0 spiro atoms. The summed E-state index contributed by atoms with van der Waals surface area (Å²) >= 11 is -0.643. The monoisotopic (exact) mass is 197 g/mol. The Labute approximate surface area is 69.8 Å². The fraction of sp³-hybridized carbons (Fsp3) is 1.00. The first-order chi connectivity index (χ1) is 4.79. The van der Waals surface area contributed by atoms with Gasteiger partial charge in [-0.1, -0.05) is 0 Å². The number of hydrogen-bond donors (Lipinski definition) is 0. The van der Waals surface area contributed by atoms with E-state index >= 15 is 0 Å². The molecule has 10 heavy (non-hydrogen) atoms. The van der Waals surface area contributed by atoms with Gasteiger partial charge in [-0.3, -0.25) is 0 Å². The van der Waals surface area contributed by atoms with Crippen molar-refractivity contribution < 1.29 is 0 Å². The fourth-order valence-electron chi connectivity index (χ4n) is 1.68. The van der Waals surface area contributed by atoms with E-state index in [1.165, 1.54) is 25.9 Å². The molecule has 0 saturated carbocycles. The molecular weight excluding hydrogens is 180 g/mol. The van der Waals surface area contributed by atoms with Crippen LogP contribution in [-0.2, 0) is 0 Å². The van der Waals surface area contributed by atoms with Crippen molar-refractivity contribution >= 4 is 16.2 Å². The minimum atomic E-state index is -0.643. The van der Waals surface area contributed by atoms with Crippen LogP contribution in [0.5, 0.6) is 0 Å².